The van der Waals surface area contributed by atoms with Crippen molar-refractivity contribution in [3.05, 3.63) is 0 Å². The van der Waals surface area contributed by atoms with E-state index in [1.54, 1.807) is 6.92 Å². The number of carbonyl (C=O) groups excluding carboxylic acids is 1. The molecule has 3 heteroatoms. The Morgan fingerprint density at radius 1 is 1.67 bits per heavy atom. The lowest BCUT2D eigenvalue weighted by atomic mass is 10.7. The Morgan fingerprint density at radius 3 is 2.22 bits per heavy atom. The standard InChI is InChI=1S/C4H7NO2.C2H6/c1-2-7-4(6)3-5;1-2/h3,5H,2H2,1H3;1-2H3/p+1. The molecule has 0 atom stereocenters. The van der Waals surface area contributed by atoms with Crippen molar-refractivity contribution in [3.63, 3.8) is 0 Å². The summed E-state index contributed by atoms with van der Waals surface area (Å²) in [6.45, 7) is 6.11. The van der Waals surface area contributed by atoms with Crippen LogP contribution in [0.3, 0.4) is 0 Å². The largest absolute Gasteiger partial charge is 0.459 e. The van der Waals surface area contributed by atoms with Gasteiger partial charge in [-0.25, -0.2) is 4.79 Å². The molecule has 0 aromatic heterocycles. The van der Waals surface area contributed by atoms with E-state index in [4.69, 9.17) is 5.41 Å². The molecule has 0 bridgehead atoms. The van der Waals surface area contributed by atoms with Crippen LogP contribution in [-0.4, -0.2) is 18.8 Å². The quantitative estimate of drug-likeness (QED) is 0.403. The fourth-order valence-electron chi connectivity index (χ4n) is 0.190. The Hall–Kier alpha value is -0.860. The van der Waals surface area contributed by atoms with Gasteiger partial charge in [0, 0.05) is 0 Å². The first-order chi connectivity index (χ1) is 4.31. The van der Waals surface area contributed by atoms with E-state index in [1.807, 2.05) is 13.8 Å². The van der Waals surface area contributed by atoms with Gasteiger partial charge in [-0.3, -0.25) is 5.41 Å². The highest BCUT2D eigenvalue weighted by molar-refractivity contribution is 6.20. The lowest BCUT2D eigenvalue weighted by Crippen LogP contribution is -2.34. The maximum Gasteiger partial charge on any atom is 0.395 e. The van der Waals surface area contributed by atoms with Crippen molar-refractivity contribution in [1.82, 2.24) is 0 Å². The predicted octanol–water partition coefficient (Wildman–Crippen LogP) is -0.594. The molecule has 0 unspecified atom stereocenters. The Labute approximate surface area is 55.5 Å². The van der Waals surface area contributed by atoms with Crippen molar-refractivity contribution in [2.24, 2.45) is 0 Å². The number of rotatable bonds is 2. The summed E-state index contributed by atoms with van der Waals surface area (Å²) < 4.78 is 4.37. The zero-order valence-electron chi connectivity index (χ0n) is 6.18. The van der Waals surface area contributed by atoms with Crippen molar-refractivity contribution in [3.8, 4) is 0 Å². The summed E-state index contributed by atoms with van der Waals surface area (Å²) in [5, 5.41) is 4.76. The molecule has 0 spiro atoms. The van der Waals surface area contributed by atoms with Crippen LogP contribution in [-0.2, 0) is 9.53 Å². The summed E-state index contributed by atoms with van der Waals surface area (Å²) in [5.74, 6) is -0.470. The third-order valence-electron chi connectivity index (χ3n) is 0.423. The van der Waals surface area contributed by atoms with Crippen molar-refractivity contribution in [1.29, 1.82) is 0 Å². The fraction of sp³-hybridized carbons (Fsp3) is 0.667. The summed E-state index contributed by atoms with van der Waals surface area (Å²) in [7, 11) is 0. The topological polar surface area (TPSA) is 51.9 Å². The van der Waals surface area contributed by atoms with Gasteiger partial charge in [0.05, 0.1) is 6.61 Å². The maximum atomic E-state index is 10.0. The van der Waals surface area contributed by atoms with E-state index in [-0.39, 0.29) is 0 Å². The lowest BCUT2D eigenvalue weighted by molar-refractivity contribution is -0.148. The van der Waals surface area contributed by atoms with Crippen molar-refractivity contribution >= 4 is 12.2 Å². The number of nitrogens with two attached hydrogens (primary N) is 1. The van der Waals surface area contributed by atoms with Crippen LogP contribution in [0.15, 0.2) is 0 Å². The summed E-state index contributed by atoms with van der Waals surface area (Å²) in [4.78, 5) is 10.0. The Kier molecular flexibility index (Phi) is 12.5. The molecule has 9 heavy (non-hydrogen) atoms. The van der Waals surface area contributed by atoms with Crippen LogP contribution in [0.4, 0.5) is 0 Å². The van der Waals surface area contributed by atoms with Gasteiger partial charge in [0.15, 0.2) is 0 Å². The highest BCUT2D eigenvalue weighted by Gasteiger charge is 1.93. The smallest absolute Gasteiger partial charge is 0.395 e. The zero-order chi connectivity index (χ0) is 7.70. The molecule has 2 N–H and O–H groups in total. The van der Waals surface area contributed by atoms with Gasteiger partial charge in [-0.2, -0.15) is 0 Å². The first-order valence-electron chi connectivity index (χ1n) is 3.03. The van der Waals surface area contributed by atoms with Crippen LogP contribution in [0.5, 0.6) is 0 Å². The van der Waals surface area contributed by atoms with Gasteiger partial charge in [0.25, 0.3) is 0 Å². The normalized spacial score (nSPS) is 6.56. The van der Waals surface area contributed by atoms with Gasteiger partial charge >= 0.3 is 5.97 Å². The molecular formula is C6H14NO2+. The molecule has 0 aliphatic heterocycles. The molecule has 0 radical (unpaired) electrons. The summed E-state index contributed by atoms with van der Waals surface area (Å²) in [6.07, 6.45) is 0.892. The molecule has 0 aliphatic carbocycles. The predicted molar refractivity (Wildman–Crippen MR) is 36.0 cm³/mol. The molecule has 0 aromatic carbocycles. The van der Waals surface area contributed by atoms with Crippen LogP contribution >= 0.6 is 0 Å². The highest BCUT2D eigenvalue weighted by atomic mass is 16.5. The van der Waals surface area contributed by atoms with Gasteiger partial charge < -0.3 is 4.74 Å². The van der Waals surface area contributed by atoms with E-state index in [0.717, 1.165) is 6.21 Å². The van der Waals surface area contributed by atoms with Crippen LogP contribution in [0.1, 0.15) is 20.8 Å². The van der Waals surface area contributed by atoms with E-state index >= 15 is 0 Å². The Balaban J connectivity index is 0. The number of hydrogen-bond donors (Lipinski definition) is 1. The molecule has 0 amide bonds. The molecule has 3 nitrogen and oxygen atoms in total. The van der Waals surface area contributed by atoms with E-state index in [1.165, 1.54) is 0 Å². The summed E-state index contributed by atoms with van der Waals surface area (Å²) in [6, 6.07) is 0. The molecule has 0 rings (SSSR count). The van der Waals surface area contributed by atoms with E-state index in [0.29, 0.717) is 6.61 Å². The van der Waals surface area contributed by atoms with Crippen molar-refractivity contribution in [2.75, 3.05) is 6.61 Å². The number of ether oxygens (including phenoxy) is 1. The second-order valence-corrected chi connectivity index (χ2v) is 0.919. The molecule has 0 saturated heterocycles. The lowest BCUT2D eigenvalue weighted by Gasteiger charge is -1.87. The van der Waals surface area contributed by atoms with E-state index in [9.17, 15) is 4.79 Å². The molecule has 0 aliphatic rings. The zero-order valence-corrected chi connectivity index (χ0v) is 6.18. The average molecular weight is 132 g/mol. The maximum absolute atomic E-state index is 10.0. The number of esters is 1. The molecule has 54 valence electrons. The van der Waals surface area contributed by atoms with Gasteiger partial charge in [0.2, 0.25) is 6.21 Å². The van der Waals surface area contributed by atoms with E-state index in [2.05, 4.69) is 4.74 Å². The monoisotopic (exact) mass is 132 g/mol. The van der Waals surface area contributed by atoms with Crippen LogP contribution in [0.25, 0.3) is 0 Å². The summed E-state index contributed by atoms with van der Waals surface area (Å²) in [5.41, 5.74) is 0. The first kappa shape index (κ1) is 11.0. The molecule has 0 aromatic rings. The second kappa shape index (κ2) is 10.2. The van der Waals surface area contributed by atoms with Gasteiger partial charge in [-0.05, 0) is 6.92 Å². The third kappa shape index (κ3) is 11.0. The fourth-order valence-corrected chi connectivity index (χ4v) is 0.190. The minimum atomic E-state index is -0.470. The first-order valence-corrected chi connectivity index (χ1v) is 3.03. The van der Waals surface area contributed by atoms with Gasteiger partial charge in [0.1, 0.15) is 0 Å². The van der Waals surface area contributed by atoms with Gasteiger partial charge in [-0.15, -0.1) is 0 Å². The van der Waals surface area contributed by atoms with E-state index < -0.39 is 5.97 Å². The van der Waals surface area contributed by atoms with Crippen LogP contribution in [0.2, 0.25) is 0 Å². The third-order valence-corrected chi connectivity index (χ3v) is 0.423. The number of hydrogen-bond acceptors (Lipinski definition) is 2. The Bertz CT molecular complexity index is 81.1. The van der Waals surface area contributed by atoms with Crippen LogP contribution < -0.4 is 5.41 Å². The van der Waals surface area contributed by atoms with Crippen LogP contribution in [0, 0.1) is 0 Å². The minimum absolute atomic E-state index is 0.381. The molecule has 0 fully saturated rings. The minimum Gasteiger partial charge on any atom is -0.459 e. The molecule has 0 heterocycles. The SMILES string of the molecule is CC.CCOC(=O)C=[NH2+]. The second-order valence-electron chi connectivity index (χ2n) is 0.919. The summed E-state index contributed by atoms with van der Waals surface area (Å²) >= 11 is 0. The highest BCUT2D eigenvalue weighted by Crippen LogP contribution is 1.66. The van der Waals surface area contributed by atoms with Crippen molar-refractivity contribution < 1.29 is 14.9 Å². The van der Waals surface area contributed by atoms with Crippen molar-refractivity contribution in [2.45, 2.75) is 20.8 Å². The Morgan fingerprint density at radius 2 is 2.11 bits per heavy atom. The van der Waals surface area contributed by atoms with Gasteiger partial charge in [-0.1, -0.05) is 13.8 Å². The molecular weight excluding hydrogens is 118 g/mol. The average Bonchev–Trinajstić information content (AvgIpc) is 1.93. The molecule has 0 saturated carbocycles. The number of carbonyl (C=O) groups is 1.